The second-order valence-electron chi connectivity index (χ2n) is 6.26. The Kier molecular flexibility index (Phi) is 6.89. The van der Waals surface area contributed by atoms with Crippen molar-refractivity contribution in [2.24, 2.45) is 4.99 Å². The monoisotopic (exact) mass is 304 g/mol. The van der Waals surface area contributed by atoms with Crippen LogP contribution in [0.4, 0.5) is 0 Å². The summed E-state index contributed by atoms with van der Waals surface area (Å²) >= 11 is 0. The predicted molar refractivity (Wildman–Crippen MR) is 92.4 cm³/mol. The maximum atomic E-state index is 12.0. The van der Waals surface area contributed by atoms with Crippen molar-refractivity contribution in [1.29, 1.82) is 0 Å². The minimum atomic E-state index is -0.0623. The summed E-state index contributed by atoms with van der Waals surface area (Å²) in [6.45, 7) is 12.1. The van der Waals surface area contributed by atoms with Crippen molar-refractivity contribution in [3.63, 3.8) is 0 Å². The molecule has 122 valence electrons. The van der Waals surface area contributed by atoms with Gasteiger partial charge in [0.1, 0.15) is 0 Å². The van der Waals surface area contributed by atoms with E-state index in [9.17, 15) is 4.79 Å². The topological polar surface area (TPSA) is 65.5 Å². The van der Waals surface area contributed by atoms with Crippen LogP contribution in [0, 0.1) is 6.92 Å². The fraction of sp³-hybridized carbons (Fsp3) is 0.529. The van der Waals surface area contributed by atoms with Crippen LogP contribution >= 0.6 is 0 Å². The lowest BCUT2D eigenvalue weighted by atomic mass is 10.1. The molecule has 1 aromatic carbocycles. The molecule has 0 saturated heterocycles. The van der Waals surface area contributed by atoms with Crippen LogP contribution in [0.3, 0.4) is 0 Å². The van der Waals surface area contributed by atoms with Gasteiger partial charge in [-0.15, -0.1) is 0 Å². The number of aliphatic imine (C=N–C) groups is 1. The number of carbonyl (C=O) groups excluding carboxylic acids is 1. The van der Waals surface area contributed by atoms with Crippen LogP contribution < -0.4 is 16.0 Å². The Bertz CT molecular complexity index is 518. The number of hydrogen-bond donors (Lipinski definition) is 3. The van der Waals surface area contributed by atoms with E-state index in [1.54, 1.807) is 0 Å². The van der Waals surface area contributed by atoms with Crippen LogP contribution in [0.15, 0.2) is 29.3 Å². The van der Waals surface area contributed by atoms with E-state index in [4.69, 9.17) is 0 Å². The Morgan fingerprint density at radius 2 is 1.95 bits per heavy atom. The minimum absolute atomic E-state index is 0.0498. The summed E-state index contributed by atoms with van der Waals surface area (Å²) in [6, 6.07) is 7.56. The lowest BCUT2D eigenvalue weighted by Crippen LogP contribution is -2.47. The van der Waals surface area contributed by atoms with E-state index in [0.29, 0.717) is 18.7 Å². The Morgan fingerprint density at radius 1 is 1.23 bits per heavy atom. The molecule has 0 bridgehead atoms. The molecular weight excluding hydrogens is 276 g/mol. The molecule has 0 aliphatic rings. The van der Waals surface area contributed by atoms with Crippen molar-refractivity contribution >= 4 is 11.9 Å². The maximum Gasteiger partial charge on any atom is 0.251 e. The van der Waals surface area contributed by atoms with Gasteiger partial charge >= 0.3 is 0 Å². The van der Waals surface area contributed by atoms with Gasteiger partial charge in [0.15, 0.2) is 5.96 Å². The number of rotatable bonds is 5. The van der Waals surface area contributed by atoms with E-state index in [1.165, 1.54) is 0 Å². The smallest absolute Gasteiger partial charge is 0.251 e. The molecule has 0 fully saturated rings. The zero-order valence-electron chi connectivity index (χ0n) is 14.3. The molecule has 0 aromatic heterocycles. The molecule has 0 spiro atoms. The van der Waals surface area contributed by atoms with Gasteiger partial charge in [-0.1, -0.05) is 17.7 Å². The molecule has 1 amide bonds. The summed E-state index contributed by atoms with van der Waals surface area (Å²) in [5, 5.41) is 9.39. The third-order valence-electron chi connectivity index (χ3n) is 2.79. The average molecular weight is 304 g/mol. The molecule has 5 heteroatoms. The Hall–Kier alpha value is -2.04. The van der Waals surface area contributed by atoms with Gasteiger partial charge in [0.2, 0.25) is 0 Å². The largest absolute Gasteiger partial charge is 0.357 e. The summed E-state index contributed by atoms with van der Waals surface area (Å²) in [5.41, 5.74) is 1.71. The summed E-state index contributed by atoms with van der Waals surface area (Å²) in [6.07, 6.45) is 0. The van der Waals surface area contributed by atoms with Gasteiger partial charge in [0.05, 0.1) is 6.54 Å². The highest BCUT2D eigenvalue weighted by atomic mass is 16.1. The van der Waals surface area contributed by atoms with Crippen LogP contribution in [0.2, 0.25) is 0 Å². The van der Waals surface area contributed by atoms with Crippen molar-refractivity contribution in [1.82, 2.24) is 16.0 Å². The lowest BCUT2D eigenvalue weighted by molar-refractivity contribution is 0.0954. The average Bonchev–Trinajstić information content (AvgIpc) is 2.42. The number of carbonyl (C=O) groups is 1. The number of benzene rings is 1. The normalized spacial score (nSPS) is 12.0. The van der Waals surface area contributed by atoms with Gasteiger partial charge in [0.25, 0.3) is 5.91 Å². The second kappa shape index (κ2) is 8.41. The van der Waals surface area contributed by atoms with Gasteiger partial charge in [-0.25, -0.2) is 0 Å². The summed E-state index contributed by atoms with van der Waals surface area (Å²) in [5.74, 6) is 0.701. The molecule has 5 nitrogen and oxygen atoms in total. The van der Waals surface area contributed by atoms with Gasteiger partial charge in [-0.05, 0) is 46.8 Å². The third-order valence-corrected chi connectivity index (χ3v) is 2.79. The summed E-state index contributed by atoms with van der Waals surface area (Å²) < 4.78 is 0. The Balaban J connectivity index is 2.47. The van der Waals surface area contributed by atoms with E-state index in [1.807, 2.05) is 38.1 Å². The highest BCUT2D eigenvalue weighted by molar-refractivity contribution is 5.94. The Labute approximate surface area is 133 Å². The first-order valence-electron chi connectivity index (χ1n) is 7.73. The van der Waals surface area contributed by atoms with Gasteiger partial charge < -0.3 is 16.0 Å². The van der Waals surface area contributed by atoms with E-state index in [-0.39, 0.29) is 11.4 Å². The molecule has 1 rings (SSSR count). The fourth-order valence-corrected chi connectivity index (χ4v) is 1.89. The highest BCUT2D eigenvalue weighted by Gasteiger charge is 2.11. The molecule has 0 radical (unpaired) electrons. The van der Waals surface area contributed by atoms with E-state index in [2.05, 4.69) is 41.7 Å². The van der Waals surface area contributed by atoms with Crippen molar-refractivity contribution in [2.75, 3.05) is 19.6 Å². The molecule has 0 aliphatic heterocycles. The number of nitrogens with one attached hydrogen (secondary N) is 3. The SMILES string of the molecule is CCNC(=NCCNC(=O)c1cccc(C)c1)NC(C)(C)C. The standard InChI is InChI=1S/C17H28N4O/c1-6-18-16(21-17(3,4)5)20-11-10-19-15(22)14-9-7-8-13(2)12-14/h7-9,12H,6,10-11H2,1-5H3,(H,19,22)(H2,18,20,21). The molecular formula is C17H28N4O. The van der Waals surface area contributed by atoms with Crippen molar-refractivity contribution in [3.8, 4) is 0 Å². The molecule has 0 heterocycles. The summed E-state index contributed by atoms with van der Waals surface area (Å²) in [7, 11) is 0. The second-order valence-corrected chi connectivity index (χ2v) is 6.26. The maximum absolute atomic E-state index is 12.0. The predicted octanol–water partition coefficient (Wildman–Crippen LogP) is 2.08. The number of nitrogens with zero attached hydrogens (tertiary/aromatic N) is 1. The number of aryl methyl sites for hydroxylation is 1. The van der Waals surface area contributed by atoms with Crippen molar-refractivity contribution < 1.29 is 4.79 Å². The molecule has 3 N–H and O–H groups in total. The molecule has 0 saturated carbocycles. The molecule has 22 heavy (non-hydrogen) atoms. The third kappa shape index (κ3) is 7.11. The van der Waals surface area contributed by atoms with Gasteiger partial charge in [-0.3, -0.25) is 9.79 Å². The first-order chi connectivity index (χ1) is 10.3. The van der Waals surface area contributed by atoms with Gasteiger partial charge in [-0.2, -0.15) is 0 Å². The van der Waals surface area contributed by atoms with E-state index in [0.717, 1.165) is 18.1 Å². The zero-order chi connectivity index (χ0) is 16.6. The molecule has 0 atom stereocenters. The highest BCUT2D eigenvalue weighted by Crippen LogP contribution is 2.03. The van der Waals surface area contributed by atoms with E-state index < -0.39 is 0 Å². The van der Waals surface area contributed by atoms with Crippen LogP contribution in [0.25, 0.3) is 0 Å². The number of amides is 1. The van der Waals surface area contributed by atoms with Crippen LogP contribution in [-0.4, -0.2) is 37.0 Å². The van der Waals surface area contributed by atoms with Crippen molar-refractivity contribution in [3.05, 3.63) is 35.4 Å². The first kappa shape index (κ1) is 18.0. The Morgan fingerprint density at radius 3 is 2.55 bits per heavy atom. The summed E-state index contributed by atoms with van der Waals surface area (Å²) in [4.78, 5) is 16.5. The molecule has 0 unspecified atom stereocenters. The quantitative estimate of drug-likeness (QED) is 0.443. The van der Waals surface area contributed by atoms with Gasteiger partial charge in [0, 0.05) is 24.2 Å². The first-order valence-corrected chi connectivity index (χ1v) is 7.73. The number of hydrogen-bond acceptors (Lipinski definition) is 2. The fourth-order valence-electron chi connectivity index (χ4n) is 1.89. The van der Waals surface area contributed by atoms with Crippen molar-refractivity contribution in [2.45, 2.75) is 40.2 Å². The van der Waals surface area contributed by atoms with Crippen LogP contribution in [-0.2, 0) is 0 Å². The van der Waals surface area contributed by atoms with E-state index >= 15 is 0 Å². The minimum Gasteiger partial charge on any atom is -0.357 e. The molecule has 0 aliphatic carbocycles. The molecule has 1 aromatic rings. The zero-order valence-corrected chi connectivity index (χ0v) is 14.3. The number of guanidine groups is 1. The lowest BCUT2D eigenvalue weighted by Gasteiger charge is -2.23. The van der Waals surface area contributed by atoms with Crippen LogP contribution in [0.5, 0.6) is 0 Å². The van der Waals surface area contributed by atoms with Crippen LogP contribution in [0.1, 0.15) is 43.6 Å².